The van der Waals surface area contributed by atoms with Gasteiger partial charge in [-0.15, -0.1) is 0 Å². The molecule has 0 bridgehead atoms. The van der Waals surface area contributed by atoms with E-state index in [9.17, 15) is 0 Å². The van der Waals surface area contributed by atoms with Crippen LogP contribution in [-0.2, 0) is 13.0 Å². The molecule has 0 atom stereocenters. The number of aryl methyl sites for hydroxylation is 1. The smallest absolute Gasteiger partial charge is 0.175 e. The predicted molar refractivity (Wildman–Crippen MR) is 103 cm³/mol. The first kappa shape index (κ1) is 17.2. The number of nitrogens with two attached hydrogens (primary N) is 1. The fourth-order valence-corrected chi connectivity index (χ4v) is 4.29. The molecule has 0 saturated heterocycles. The van der Waals surface area contributed by atoms with Crippen molar-refractivity contribution >= 4 is 23.3 Å². The van der Waals surface area contributed by atoms with E-state index in [1.807, 2.05) is 6.92 Å². The number of fused-ring (bicyclic) bond motifs is 2. The minimum absolute atomic E-state index is 0.552. The zero-order valence-corrected chi connectivity index (χ0v) is 15.9. The monoisotopic (exact) mass is 373 g/mol. The Balaban J connectivity index is 1.74. The van der Waals surface area contributed by atoms with E-state index in [2.05, 4.69) is 33.9 Å². The SMILES string of the molecule is CCc1cc2c(cc1Sc1nc3c(n1CCN)NCN=C3C)OCCO2. The Morgan fingerprint density at radius 2 is 2.04 bits per heavy atom. The van der Waals surface area contributed by atoms with Crippen LogP contribution in [0, 0.1) is 0 Å². The molecule has 0 spiro atoms. The number of nitrogens with zero attached hydrogens (tertiary/aromatic N) is 3. The van der Waals surface area contributed by atoms with Gasteiger partial charge in [0, 0.05) is 18.0 Å². The average molecular weight is 373 g/mol. The molecule has 0 unspecified atom stereocenters. The van der Waals surface area contributed by atoms with E-state index < -0.39 is 0 Å². The lowest BCUT2D eigenvalue weighted by molar-refractivity contribution is 0.171. The van der Waals surface area contributed by atoms with Crippen molar-refractivity contribution in [1.29, 1.82) is 0 Å². The summed E-state index contributed by atoms with van der Waals surface area (Å²) in [4.78, 5) is 10.4. The molecule has 3 heterocycles. The summed E-state index contributed by atoms with van der Waals surface area (Å²) in [6.07, 6.45) is 0.912. The van der Waals surface area contributed by atoms with E-state index in [4.69, 9.17) is 20.2 Å². The summed E-state index contributed by atoms with van der Waals surface area (Å²) in [6, 6.07) is 4.14. The molecule has 0 amide bonds. The van der Waals surface area contributed by atoms with Gasteiger partial charge in [0.25, 0.3) is 0 Å². The highest BCUT2D eigenvalue weighted by atomic mass is 32.2. The molecule has 4 rings (SSSR count). The molecule has 26 heavy (non-hydrogen) atoms. The fourth-order valence-electron chi connectivity index (χ4n) is 3.17. The molecule has 1 aromatic carbocycles. The van der Waals surface area contributed by atoms with Crippen LogP contribution in [0.15, 0.2) is 27.2 Å². The first-order valence-corrected chi connectivity index (χ1v) is 9.69. The van der Waals surface area contributed by atoms with Gasteiger partial charge in [0.05, 0.1) is 5.71 Å². The van der Waals surface area contributed by atoms with Crippen molar-refractivity contribution in [3.05, 3.63) is 23.4 Å². The molecule has 2 aromatic rings. The van der Waals surface area contributed by atoms with Crippen LogP contribution in [-0.4, -0.2) is 41.7 Å². The van der Waals surface area contributed by atoms with Gasteiger partial charge >= 0.3 is 0 Å². The Morgan fingerprint density at radius 3 is 2.77 bits per heavy atom. The number of aromatic nitrogens is 2. The van der Waals surface area contributed by atoms with Crippen molar-refractivity contribution < 1.29 is 9.47 Å². The Labute approximate surface area is 157 Å². The Kier molecular flexibility index (Phi) is 4.78. The summed E-state index contributed by atoms with van der Waals surface area (Å²) in [5.41, 5.74) is 8.92. The van der Waals surface area contributed by atoms with Crippen molar-refractivity contribution in [2.24, 2.45) is 10.7 Å². The number of aliphatic imine (C=N–C) groups is 1. The lowest BCUT2D eigenvalue weighted by Crippen LogP contribution is -2.18. The van der Waals surface area contributed by atoms with Crippen molar-refractivity contribution in [3.63, 3.8) is 0 Å². The number of hydrogen-bond donors (Lipinski definition) is 2. The number of ether oxygens (including phenoxy) is 2. The van der Waals surface area contributed by atoms with Crippen LogP contribution in [0.1, 0.15) is 25.1 Å². The maximum absolute atomic E-state index is 5.84. The third kappa shape index (κ3) is 3.03. The van der Waals surface area contributed by atoms with Gasteiger partial charge in [-0.2, -0.15) is 0 Å². The molecule has 2 aliphatic rings. The van der Waals surface area contributed by atoms with Gasteiger partial charge in [-0.1, -0.05) is 18.7 Å². The van der Waals surface area contributed by atoms with E-state index in [1.54, 1.807) is 11.8 Å². The van der Waals surface area contributed by atoms with E-state index in [-0.39, 0.29) is 0 Å². The van der Waals surface area contributed by atoms with Crippen molar-refractivity contribution in [1.82, 2.24) is 9.55 Å². The summed E-state index contributed by atoms with van der Waals surface area (Å²) in [5.74, 6) is 2.63. The molecular formula is C18H23N5O2S. The Morgan fingerprint density at radius 1 is 1.27 bits per heavy atom. The molecule has 2 aliphatic heterocycles. The molecule has 0 fully saturated rings. The van der Waals surface area contributed by atoms with Gasteiger partial charge in [0.2, 0.25) is 0 Å². The average Bonchev–Trinajstić information content (AvgIpc) is 3.00. The van der Waals surface area contributed by atoms with Crippen molar-refractivity contribution in [3.8, 4) is 11.5 Å². The van der Waals surface area contributed by atoms with Crippen LogP contribution >= 0.6 is 11.8 Å². The first-order valence-electron chi connectivity index (χ1n) is 8.87. The van der Waals surface area contributed by atoms with Crippen LogP contribution in [0.25, 0.3) is 0 Å². The number of imidazole rings is 1. The molecule has 7 nitrogen and oxygen atoms in total. The number of nitrogens with one attached hydrogen (secondary N) is 1. The summed E-state index contributed by atoms with van der Waals surface area (Å²) in [7, 11) is 0. The van der Waals surface area contributed by atoms with Gasteiger partial charge in [0.1, 0.15) is 31.4 Å². The highest BCUT2D eigenvalue weighted by Gasteiger charge is 2.23. The maximum atomic E-state index is 5.84. The highest BCUT2D eigenvalue weighted by molar-refractivity contribution is 7.99. The first-order chi connectivity index (χ1) is 12.7. The molecule has 0 radical (unpaired) electrons. The second-order valence-electron chi connectivity index (χ2n) is 6.17. The quantitative estimate of drug-likeness (QED) is 0.837. The lowest BCUT2D eigenvalue weighted by Gasteiger charge is -2.21. The zero-order valence-electron chi connectivity index (χ0n) is 15.0. The number of hydrogen-bond acceptors (Lipinski definition) is 7. The summed E-state index contributed by atoms with van der Waals surface area (Å²) >= 11 is 1.64. The van der Waals surface area contributed by atoms with Gasteiger partial charge in [-0.05, 0) is 31.0 Å². The minimum Gasteiger partial charge on any atom is -0.486 e. The standard InChI is InChI=1S/C18H23N5O2S/c1-3-12-8-13-14(25-7-6-24-13)9-15(12)26-18-22-16-11(2)20-10-21-17(16)23(18)5-4-19/h8-9,21H,3-7,10,19H2,1-2H3. The zero-order chi connectivity index (χ0) is 18.1. The van der Waals surface area contributed by atoms with Crippen LogP contribution in [0.2, 0.25) is 0 Å². The van der Waals surface area contributed by atoms with Crippen LogP contribution < -0.4 is 20.5 Å². The molecule has 138 valence electrons. The second kappa shape index (κ2) is 7.20. The van der Waals surface area contributed by atoms with Gasteiger partial charge < -0.3 is 25.1 Å². The topological polar surface area (TPSA) is 86.7 Å². The van der Waals surface area contributed by atoms with Crippen LogP contribution in [0.5, 0.6) is 11.5 Å². The largest absolute Gasteiger partial charge is 0.486 e. The van der Waals surface area contributed by atoms with E-state index in [0.29, 0.717) is 33.0 Å². The summed E-state index contributed by atoms with van der Waals surface area (Å²) in [6.45, 7) is 7.15. The maximum Gasteiger partial charge on any atom is 0.175 e. The Bertz CT molecular complexity index is 862. The van der Waals surface area contributed by atoms with E-state index >= 15 is 0 Å². The lowest BCUT2D eigenvalue weighted by atomic mass is 10.1. The van der Waals surface area contributed by atoms with Gasteiger partial charge in [0.15, 0.2) is 16.7 Å². The van der Waals surface area contributed by atoms with Gasteiger partial charge in [-0.3, -0.25) is 4.99 Å². The van der Waals surface area contributed by atoms with Crippen LogP contribution in [0.4, 0.5) is 5.82 Å². The molecule has 0 saturated carbocycles. The van der Waals surface area contributed by atoms with Crippen LogP contribution in [0.3, 0.4) is 0 Å². The molecule has 8 heteroatoms. The number of rotatable bonds is 5. The predicted octanol–water partition coefficient (Wildman–Crippen LogP) is 2.52. The summed E-state index contributed by atoms with van der Waals surface area (Å²) in [5, 5.41) is 4.24. The number of anilines is 1. The summed E-state index contributed by atoms with van der Waals surface area (Å²) < 4.78 is 13.6. The van der Waals surface area contributed by atoms with E-state index in [0.717, 1.165) is 45.2 Å². The molecular weight excluding hydrogens is 350 g/mol. The third-order valence-electron chi connectivity index (χ3n) is 4.50. The molecule has 1 aromatic heterocycles. The van der Waals surface area contributed by atoms with E-state index in [1.165, 1.54) is 5.56 Å². The number of benzene rings is 1. The molecule has 3 N–H and O–H groups in total. The highest BCUT2D eigenvalue weighted by Crippen LogP contribution is 2.41. The second-order valence-corrected chi connectivity index (χ2v) is 7.18. The molecule has 0 aliphatic carbocycles. The normalized spacial score (nSPS) is 15.3. The minimum atomic E-state index is 0.552. The van der Waals surface area contributed by atoms with Gasteiger partial charge in [-0.25, -0.2) is 4.98 Å². The third-order valence-corrected chi connectivity index (χ3v) is 5.59. The Hall–Kier alpha value is -2.19. The van der Waals surface area contributed by atoms with Crippen molar-refractivity contribution in [2.75, 3.05) is 31.7 Å². The fraction of sp³-hybridized carbons (Fsp3) is 0.444. The van der Waals surface area contributed by atoms with Crippen molar-refractivity contribution in [2.45, 2.75) is 36.9 Å².